The fraction of sp³-hybridized carbons (Fsp3) is 0.750. The Morgan fingerprint density at radius 1 is 1.21 bits per heavy atom. The van der Waals surface area contributed by atoms with Crippen molar-refractivity contribution in [2.75, 3.05) is 11.9 Å². The van der Waals surface area contributed by atoms with Crippen LogP contribution in [-0.2, 0) is 0 Å². The highest BCUT2D eigenvalue weighted by Crippen LogP contribution is 2.23. The lowest BCUT2D eigenvalue weighted by molar-refractivity contribution is 0.248. The molecule has 0 bridgehead atoms. The van der Waals surface area contributed by atoms with Gasteiger partial charge in [-0.15, -0.1) is 5.10 Å². The lowest BCUT2D eigenvalue weighted by Crippen LogP contribution is -2.36. The molecule has 7 heteroatoms. The van der Waals surface area contributed by atoms with Gasteiger partial charge in [-0.3, -0.25) is 5.32 Å². The van der Waals surface area contributed by atoms with Crippen LogP contribution in [0.3, 0.4) is 0 Å². The van der Waals surface area contributed by atoms with Gasteiger partial charge in [-0.1, -0.05) is 17.9 Å². The molecule has 1 saturated heterocycles. The van der Waals surface area contributed by atoms with E-state index >= 15 is 0 Å². The fourth-order valence-electron chi connectivity index (χ4n) is 2.71. The first kappa shape index (κ1) is 12.4. The Balaban J connectivity index is 1.52. The Morgan fingerprint density at radius 2 is 2.05 bits per heavy atom. The topological polar surface area (TPSA) is 92.1 Å². The van der Waals surface area contributed by atoms with Crippen LogP contribution >= 0.6 is 0 Å². The van der Waals surface area contributed by atoms with E-state index in [2.05, 4.69) is 26.1 Å². The first-order valence-electron chi connectivity index (χ1n) is 6.95. The van der Waals surface area contributed by atoms with E-state index in [4.69, 9.17) is 4.42 Å². The summed E-state index contributed by atoms with van der Waals surface area (Å²) in [6, 6.07) is 0.306. The molecule has 1 saturated carbocycles. The number of nitrogens with one attached hydrogen (secondary N) is 3. The summed E-state index contributed by atoms with van der Waals surface area (Å²) in [5, 5.41) is 16.6. The van der Waals surface area contributed by atoms with E-state index in [1.165, 1.54) is 12.8 Å². The van der Waals surface area contributed by atoms with Crippen LogP contribution in [0.4, 0.5) is 10.8 Å². The lowest BCUT2D eigenvalue weighted by atomic mass is 10.2. The third-order valence-electron chi connectivity index (χ3n) is 3.71. The molecule has 0 aromatic carbocycles. The first-order chi connectivity index (χ1) is 9.31. The Labute approximate surface area is 111 Å². The van der Waals surface area contributed by atoms with Crippen LogP contribution in [0.1, 0.15) is 50.5 Å². The summed E-state index contributed by atoms with van der Waals surface area (Å²) in [5.41, 5.74) is 0. The minimum absolute atomic E-state index is 0.126. The van der Waals surface area contributed by atoms with Crippen molar-refractivity contribution in [3.63, 3.8) is 0 Å². The van der Waals surface area contributed by atoms with Crippen molar-refractivity contribution in [1.29, 1.82) is 0 Å². The molecule has 1 unspecified atom stereocenters. The quantitative estimate of drug-likeness (QED) is 0.771. The van der Waals surface area contributed by atoms with Gasteiger partial charge < -0.3 is 15.1 Å². The van der Waals surface area contributed by atoms with E-state index in [1.807, 2.05) is 0 Å². The molecule has 0 radical (unpaired) electrons. The number of nitrogens with zero attached hydrogens (tertiary/aromatic N) is 2. The highest BCUT2D eigenvalue weighted by atomic mass is 16.4. The van der Waals surface area contributed by atoms with E-state index in [9.17, 15) is 4.79 Å². The average Bonchev–Trinajstić information content (AvgIpc) is 3.09. The molecule has 2 amide bonds. The van der Waals surface area contributed by atoms with Crippen molar-refractivity contribution in [2.24, 2.45) is 0 Å². The van der Waals surface area contributed by atoms with Gasteiger partial charge in [-0.2, -0.15) is 0 Å². The van der Waals surface area contributed by atoms with Gasteiger partial charge in [0.25, 0.3) is 0 Å². The molecule has 2 aliphatic rings. The van der Waals surface area contributed by atoms with E-state index in [0.29, 0.717) is 5.89 Å². The number of urea groups is 1. The molecule has 0 spiro atoms. The van der Waals surface area contributed by atoms with Crippen LogP contribution in [0.15, 0.2) is 4.42 Å². The van der Waals surface area contributed by atoms with Gasteiger partial charge in [0.15, 0.2) is 0 Å². The summed E-state index contributed by atoms with van der Waals surface area (Å²) in [7, 11) is 0. The highest BCUT2D eigenvalue weighted by Gasteiger charge is 2.23. The number of hydrogen-bond donors (Lipinski definition) is 3. The second-order valence-corrected chi connectivity index (χ2v) is 5.17. The molecule has 3 N–H and O–H groups in total. The molecule has 2 fully saturated rings. The molecule has 1 aromatic heterocycles. The summed E-state index contributed by atoms with van der Waals surface area (Å²) in [4.78, 5) is 11.7. The van der Waals surface area contributed by atoms with Gasteiger partial charge >= 0.3 is 12.0 Å². The van der Waals surface area contributed by atoms with E-state index in [-0.39, 0.29) is 24.1 Å². The zero-order valence-electron chi connectivity index (χ0n) is 10.8. The van der Waals surface area contributed by atoms with Crippen LogP contribution in [0.5, 0.6) is 0 Å². The summed E-state index contributed by atoms with van der Waals surface area (Å²) in [6.07, 6.45) is 6.57. The third-order valence-corrected chi connectivity index (χ3v) is 3.71. The highest BCUT2D eigenvalue weighted by molar-refractivity contribution is 5.87. The molecule has 7 nitrogen and oxygen atoms in total. The molecule has 1 aromatic rings. The number of anilines is 1. The first-order valence-corrected chi connectivity index (χ1v) is 6.95. The second kappa shape index (κ2) is 5.56. The van der Waals surface area contributed by atoms with Crippen LogP contribution in [0.25, 0.3) is 0 Å². The maximum atomic E-state index is 11.7. The lowest BCUT2D eigenvalue weighted by Gasteiger charge is -2.10. The maximum absolute atomic E-state index is 11.7. The molecular formula is C12H19N5O2. The number of carbonyl (C=O) groups excluding carboxylic acids is 1. The van der Waals surface area contributed by atoms with Crippen molar-refractivity contribution in [1.82, 2.24) is 20.8 Å². The molecule has 2 heterocycles. The van der Waals surface area contributed by atoms with Crippen LogP contribution in [0.2, 0.25) is 0 Å². The van der Waals surface area contributed by atoms with Crippen molar-refractivity contribution in [2.45, 2.75) is 50.6 Å². The summed E-state index contributed by atoms with van der Waals surface area (Å²) < 4.78 is 5.45. The maximum Gasteiger partial charge on any atom is 0.323 e. The van der Waals surface area contributed by atoms with Crippen molar-refractivity contribution in [3.8, 4) is 0 Å². The van der Waals surface area contributed by atoms with Gasteiger partial charge in [0.05, 0.1) is 6.04 Å². The molecule has 1 aliphatic carbocycles. The summed E-state index contributed by atoms with van der Waals surface area (Å²) >= 11 is 0. The SMILES string of the molecule is O=C(Nc1nnc(C2CCCN2)o1)NC1CCCC1. The summed E-state index contributed by atoms with van der Waals surface area (Å²) in [5.74, 6) is 0.550. The number of hydrogen-bond acceptors (Lipinski definition) is 5. The Morgan fingerprint density at radius 3 is 2.79 bits per heavy atom. The Bertz CT molecular complexity index is 435. The monoisotopic (exact) mass is 265 g/mol. The number of rotatable bonds is 3. The van der Waals surface area contributed by atoms with Crippen molar-refractivity contribution < 1.29 is 9.21 Å². The standard InChI is InChI=1S/C12H19N5O2/c18-11(14-8-4-1-2-5-8)15-12-17-16-10(19-12)9-6-3-7-13-9/h8-9,13H,1-7H2,(H2,14,15,17,18). The predicted molar refractivity (Wildman–Crippen MR) is 68.7 cm³/mol. The zero-order chi connectivity index (χ0) is 13.1. The minimum Gasteiger partial charge on any atom is -0.406 e. The molecule has 104 valence electrons. The molecule has 1 atom stereocenters. The van der Waals surface area contributed by atoms with E-state index < -0.39 is 0 Å². The van der Waals surface area contributed by atoms with Crippen LogP contribution < -0.4 is 16.0 Å². The molecule has 3 rings (SSSR count). The van der Waals surface area contributed by atoms with Gasteiger partial charge in [0.2, 0.25) is 5.89 Å². The average molecular weight is 265 g/mol. The van der Waals surface area contributed by atoms with Crippen molar-refractivity contribution in [3.05, 3.63) is 5.89 Å². The predicted octanol–water partition coefficient (Wildman–Crippen LogP) is 1.56. The molecule has 1 aliphatic heterocycles. The van der Waals surface area contributed by atoms with Crippen LogP contribution in [-0.4, -0.2) is 28.8 Å². The number of aromatic nitrogens is 2. The minimum atomic E-state index is -0.263. The molecule has 19 heavy (non-hydrogen) atoms. The second-order valence-electron chi connectivity index (χ2n) is 5.17. The zero-order valence-corrected chi connectivity index (χ0v) is 10.8. The third kappa shape index (κ3) is 3.04. The molecular weight excluding hydrogens is 246 g/mol. The van der Waals surface area contributed by atoms with Gasteiger partial charge in [0, 0.05) is 6.04 Å². The smallest absolute Gasteiger partial charge is 0.323 e. The Hall–Kier alpha value is -1.63. The van der Waals surface area contributed by atoms with Crippen molar-refractivity contribution >= 4 is 12.0 Å². The fourth-order valence-corrected chi connectivity index (χ4v) is 2.71. The largest absolute Gasteiger partial charge is 0.406 e. The normalized spacial score (nSPS) is 23.7. The summed E-state index contributed by atoms with van der Waals surface area (Å²) in [6.45, 7) is 0.970. The van der Waals surface area contributed by atoms with E-state index in [0.717, 1.165) is 32.2 Å². The van der Waals surface area contributed by atoms with Crippen LogP contribution in [0, 0.1) is 0 Å². The van der Waals surface area contributed by atoms with Gasteiger partial charge in [0.1, 0.15) is 0 Å². The van der Waals surface area contributed by atoms with Gasteiger partial charge in [-0.25, -0.2) is 4.79 Å². The van der Waals surface area contributed by atoms with Gasteiger partial charge in [-0.05, 0) is 32.2 Å². The number of carbonyl (C=O) groups is 1. The van der Waals surface area contributed by atoms with E-state index in [1.54, 1.807) is 0 Å². The Kier molecular flexibility index (Phi) is 3.63. The number of amides is 2.